The molecule has 0 aliphatic carbocycles. The lowest BCUT2D eigenvalue weighted by molar-refractivity contribution is 0.0983. The monoisotopic (exact) mass is 341 g/mol. The summed E-state index contributed by atoms with van der Waals surface area (Å²) >= 11 is 0. The van der Waals surface area contributed by atoms with E-state index in [1.54, 1.807) is 23.1 Å². The van der Waals surface area contributed by atoms with E-state index in [0.717, 1.165) is 11.1 Å². The molecular weight excluding hydrogens is 322 g/mol. The van der Waals surface area contributed by atoms with Gasteiger partial charge in [0.15, 0.2) is 9.84 Å². The minimum Gasteiger partial charge on any atom is -0.300 e. The Morgan fingerprint density at radius 3 is 2.33 bits per heavy atom. The van der Waals surface area contributed by atoms with Gasteiger partial charge < -0.3 is 4.90 Å². The van der Waals surface area contributed by atoms with E-state index in [9.17, 15) is 13.2 Å². The maximum atomic E-state index is 13.1. The molecule has 1 heterocycles. The number of anilines is 1. The number of sulfone groups is 1. The fourth-order valence-electron chi connectivity index (χ4n) is 2.79. The summed E-state index contributed by atoms with van der Waals surface area (Å²) < 4.78 is 23.6. The summed E-state index contributed by atoms with van der Waals surface area (Å²) in [5.41, 5.74) is 3.32. The first-order valence-corrected chi connectivity index (χ1v) is 9.45. The van der Waals surface area contributed by atoms with E-state index >= 15 is 0 Å². The lowest BCUT2D eigenvalue weighted by atomic mass is 10.1. The molecule has 0 radical (unpaired) electrons. The highest BCUT2D eigenvalue weighted by atomic mass is 32.2. The third-order valence-electron chi connectivity index (χ3n) is 4.04. The van der Waals surface area contributed by atoms with Crippen LogP contribution in [-0.2, 0) is 9.84 Å². The van der Waals surface area contributed by atoms with Crippen LogP contribution in [-0.4, -0.2) is 26.1 Å². The van der Waals surface area contributed by atoms with Crippen LogP contribution in [0.25, 0.3) is 0 Å². The molecular formula is C19H19NO3S. The lowest BCUT2D eigenvalue weighted by Gasteiger charge is -2.28. The lowest BCUT2D eigenvalue weighted by Crippen LogP contribution is -2.41. The fourth-order valence-corrected chi connectivity index (χ4v) is 4.06. The topological polar surface area (TPSA) is 54.5 Å². The van der Waals surface area contributed by atoms with E-state index in [1.165, 1.54) is 5.41 Å². The zero-order chi connectivity index (χ0) is 17.3. The van der Waals surface area contributed by atoms with Crippen molar-refractivity contribution in [2.45, 2.75) is 19.9 Å². The number of aryl methyl sites for hydroxylation is 2. The number of amides is 1. The number of hydrogen-bond donors (Lipinski definition) is 0. The molecule has 5 heteroatoms. The Bertz CT molecular complexity index is 898. The molecule has 4 nitrogen and oxygen atoms in total. The van der Waals surface area contributed by atoms with Crippen molar-refractivity contribution < 1.29 is 13.2 Å². The minimum absolute atomic E-state index is 0.0848. The predicted molar refractivity (Wildman–Crippen MR) is 95.9 cm³/mol. The largest absolute Gasteiger partial charge is 0.300 e. The number of carbonyl (C=O) groups excluding carboxylic acids is 1. The standard InChI is InChI=1S/C19H19NO3S/c1-14-6-8-16(9-7-14)19(21)20(17-5-3-4-15(2)12-17)18-10-11-24(22,23)13-18/h3-12,18H,13H2,1-2H3/t18-/m0/s1. The molecule has 1 amide bonds. The Balaban J connectivity index is 2.03. The van der Waals surface area contributed by atoms with Gasteiger partial charge in [-0.15, -0.1) is 0 Å². The number of carbonyl (C=O) groups is 1. The zero-order valence-corrected chi connectivity index (χ0v) is 14.5. The van der Waals surface area contributed by atoms with Crippen LogP contribution in [0.2, 0.25) is 0 Å². The quantitative estimate of drug-likeness (QED) is 0.861. The summed E-state index contributed by atoms with van der Waals surface area (Å²) in [7, 11) is -3.26. The van der Waals surface area contributed by atoms with Crippen molar-refractivity contribution in [2.24, 2.45) is 0 Å². The second kappa shape index (κ2) is 6.24. The van der Waals surface area contributed by atoms with Crippen molar-refractivity contribution in [1.82, 2.24) is 0 Å². The first-order valence-electron chi connectivity index (χ1n) is 7.73. The van der Waals surface area contributed by atoms with Crippen molar-refractivity contribution in [3.63, 3.8) is 0 Å². The van der Waals surface area contributed by atoms with Crippen molar-refractivity contribution in [3.8, 4) is 0 Å². The third kappa shape index (κ3) is 3.41. The minimum atomic E-state index is -3.26. The summed E-state index contributed by atoms with van der Waals surface area (Å²) in [6.07, 6.45) is 1.59. The normalized spacial score (nSPS) is 18.5. The molecule has 2 aromatic carbocycles. The van der Waals surface area contributed by atoms with Crippen LogP contribution in [0.3, 0.4) is 0 Å². The maximum Gasteiger partial charge on any atom is 0.258 e. The van der Waals surface area contributed by atoms with E-state index in [1.807, 2.05) is 50.2 Å². The van der Waals surface area contributed by atoms with E-state index < -0.39 is 15.9 Å². The van der Waals surface area contributed by atoms with Gasteiger partial charge in [-0.1, -0.05) is 29.8 Å². The Hall–Kier alpha value is -2.40. The highest BCUT2D eigenvalue weighted by Crippen LogP contribution is 2.25. The van der Waals surface area contributed by atoms with Crippen LogP contribution in [0.1, 0.15) is 21.5 Å². The molecule has 1 aliphatic rings. The molecule has 0 saturated carbocycles. The van der Waals surface area contributed by atoms with Gasteiger partial charge in [0.25, 0.3) is 5.91 Å². The van der Waals surface area contributed by atoms with Crippen LogP contribution in [0.15, 0.2) is 60.0 Å². The summed E-state index contributed by atoms with van der Waals surface area (Å²) in [5.74, 6) is -0.286. The van der Waals surface area contributed by atoms with Gasteiger partial charge in [0, 0.05) is 16.7 Å². The van der Waals surface area contributed by atoms with Crippen LogP contribution in [0.4, 0.5) is 5.69 Å². The van der Waals surface area contributed by atoms with E-state index in [4.69, 9.17) is 0 Å². The van der Waals surface area contributed by atoms with Crippen LogP contribution in [0, 0.1) is 13.8 Å². The summed E-state index contributed by atoms with van der Waals surface area (Å²) in [4.78, 5) is 14.6. The molecule has 1 atom stereocenters. The molecule has 0 N–H and O–H groups in total. The zero-order valence-electron chi connectivity index (χ0n) is 13.6. The molecule has 24 heavy (non-hydrogen) atoms. The number of hydrogen-bond acceptors (Lipinski definition) is 3. The van der Waals surface area contributed by atoms with Crippen LogP contribution < -0.4 is 4.90 Å². The predicted octanol–water partition coefficient (Wildman–Crippen LogP) is 3.26. The van der Waals surface area contributed by atoms with Crippen LogP contribution in [0.5, 0.6) is 0 Å². The first kappa shape index (κ1) is 16.5. The average molecular weight is 341 g/mol. The Kier molecular flexibility index (Phi) is 4.28. The van der Waals surface area contributed by atoms with Gasteiger partial charge in [0.2, 0.25) is 0 Å². The second-order valence-corrected chi connectivity index (χ2v) is 8.04. The highest BCUT2D eigenvalue weighted by molar-refractivity contribution is 7.94. The van der Waals surface area contributed by atoms with Crippen molar-refractivity contribution in [1.29, 1.82) is 0 Å². The van der Waals surface area contributed by atoms with Gasteiger partial charge in [-0.25, -0.2) is 8.42 Å². The first-order chi connectivity index (χ1) is 11.4. The molecule has 0 spiro atoms. The number of benzene rings is 2. The van der Waals surface area contributed by atoms with Gasteiger partial charge in [-0.05, 0) is 49.8 Å². The molecule has 0 aromatic heterocycles. The molecule has 2 aromatic rings. The molecule has 0 unspecified atom stereocenters. The highest BCUT2D eigenvalue weighted by Gasteiger charge is 2.32. The Morgan fingerprint density at radius 2 is 1.75 bits per heavy atom. The summed E-state index contributed by atoms with van der Waals surface area (Å²) in [6.45, 7) is 3.90. The molecule has 0 saturated heterocycles. The van der Waals surface area contributed by atoms with E-state index in [2.05, 4.69) is 0 Å². The summed E-state index contributed by atoms with van der Waals surface area (Å²) in [6, 6.07) is 14.3. The van der Waals surface area contributed by atoms with Crippen LogP contribution >= 0.6 is 0 Å². The van der Waals surface area contributed by atoms with Gasteiger partial charge in [0.1, 0.15) is 0 Å². The smallest absolute Gasteiger partial charge is 0.258 e. The van der Waals surface area contributed by atoms with E-state index in [-0.39, 0.29) is 11.7 Å². The van der Waals surface area contributed by atoms with Crippen molar-refractivity contribution in [2.75, 3.05) is 10.7 Å². The van der Waals surface area contributed by atoms with Gasteiger partial charge >= 0.3 is 0 Å². The fraction of sp³-hybridized carbons (Fsp3) is 0.211. The van der Waals surface area contributed by atoms with Crippen molar-refractivity contribution >= 4 is 21.4 Å². The van der Waals surface area contributed by atoms with Gasteiger partial charge in [-0.2, -0.15) is 0 Å². The average Bonchev–Trinajstić information content (AvgIpc) is 2.88. The molecule has 3 rings (SSSR count). The number of rotatable bonds is 3. The molecule has 0 fully saturated rings. The number of nitrogens with zero attached hydrogens (tertiary/aromatic N) is 1. The molecule has 1 aliphatic heterocycles. The van der Waals surface area contributed by atoms with Crippen molar-refractivity contribution in [3.05, 3.63) is 76.7 Å². The van der Waals surface area contributed by atoms with Gasteiger partial charge in [0.05, 0.1) is 11.8 Å². The third-order valence-corrected chi connectivity index (χ3v) is 5.42. The Morgan fingerprint density at radius 1 is 1.04 bits per heavy atom. The molecule has 0 bridgehead atoms. The summed E-state index contributed by atoms with van der Waals surface area (Å²) in [5, 5.41) is 1.20. The SMILES string of the molecule is Cc1ccc(C(=O)N(c2cccc(C)c2)[C@H]2C=CS(=O)(=O)C2)cc1. The molecule has 124 valence electrons. The second-order valence-electron chi connectivity index (χ2n) is 6.11. The van der Waals surface area contributed by atoms with E-state index in [0.29, 0.717) is 11.3 Å². The maximum absolute atomic E-state index is 13.1. The Labute approximate surface area is 142 Å². The van der Waals surface area contributed by atoms with Gasteiger partial charge in [-0.3, -0.25) is 4.79 Å².